The van der Waals surface area contributed by atoms with Crippen molar-refractivity contribution in [2.45, 2.75) is 26.2 Å². The Hall–Kier alpha value is -4.11. The molecule has 1 amide bonds. The molecular formula is C29H28F3N3O3. The van der Waals surface area contributed by atoms with Crippen molar-refractivity contribution < 1.29 is 27.8 Å². The van der Waals surface area contributed by atoms with Crippen LogP contribution in [0.2, 0.25) is 0 Å². The number of pyridine rings is 1. The summed E-state index contributed by atoms with van der Waals surface area (Å²) in [7, 11) is 0. The second kappa shape index (κ2) is 12.0. The van der Waals surface area contributed by atoms with E-state index in [0.29, 0.717) is 41.6 Å². The number of nitrogens with one attached hydrogen (secondary N) is 2. The lowest BCUT2D eigenvalue weighted by Crippen LogP contribution is -2.27. The molecule has 9 heteroatoms. The molecule has 5 rings (SSSR count). The number of carbonyl (C=O) groups is 1. The minimum atomic E-state index is -1.30. The summed E-state index contributed by atoms with van der Waals surface area (Å²) in [6.45, 7) is 4.38. The number of aliphatic hydroxyl groups is 1. The van der Waals surface area contributed by atoms with Crippen LogP contribution < -0.4 is 15.4 Å². The molecule has 6 nitrogen and oxygen atoms in total. The molecule has 38 heavy (non-hydrogen) atoms. The van der Waals surface area contributed by atoms with Gasteiger partial charge < -0.3 is 20.5 Å². The monoisotopic (exact) mass is 523 g/mol. The molecule has 0 saturated heterocycles. The minimum Gasteiger partial charge on any atom is -0.493 e. The molecule has 0 aliphatic carbocycles. The van der Waals surface area contributed by atoms with Gasteiger partial charge in [0.25, 0.3) is 0 Å². The van der Waals surface area contributed by atoms with Gasteiger partial charge in [-0.25, -0.2) is 13.2 Å². The SMILES string of the molecule is CC.O=C(Nc1cnc2c(-c3cc(F)cc(F)c3F)cccc2c1NCCO)C1CCOc2ccccc21. The largest absolute Gasteiger partial charge is 0.493 e. The summed E-state index contributed by atoms with van der Waals surface area (Å²) in [5, 5.41) is 15.9. The third-order valence-corrected chi connectivity index (χ3v) is 6.13. The highest BCUT2D eigenvalue weighted by atomic mass is 19.2. The van der Waals surface area contributed by atoms with Gasteiger partial charge in [0.05, 0.1) is 42.2 Å². The number of halogens is 3. The van der Waals surface area contributed by atoms with Gasteiger partial charge in [0.15, 0.2) is 11.6 Å². The van der Waals surface area contributed by atoms with Crippen molar-refractivity contribution >= 4 is 28.2 Å². The first-order chi connectivity index (χ1) is 18.5. The van der Waals surface area contributed by atoms with Crippen LogP contribution in [0.25, 0.3) is 22.0 Å². The standard InChI is InChI=1S/C27H22F3N3O3.C2H6/c28-15-12-20(24(30)21(29)13-15)17-5-3-6-19-25(17)32-14-22(26(19)31-9-10-34)33-27(35)18-8-11-36-23-7-2-1-4-16(18)23;1-2/h1-7,12-14,18,34H,8-11H2,(H,31,32)(H,33,35);1-2H3. The van der Waals surface area contributed by atoms with Gasteiger partial charge in [-0.1, -0.05) is 50.2 Å². The van der Waals surface area contributed by atoms with Crippen molar-refractivity contribution in [3.05, 3.63) is 83.8 Å². The number of hydrogen-bond donors (Lipinski definition) is 3. The first-order valence-corrected chi connectivity index (χ1v) is 12.4. The predicted molar refractivity (Wildman–Crippen MR) is 142 cm³/mol. The zero-order valence-corrected chi connectivity index (χ0v) is 21.0. The number of hydrogen-bond acceptors (Lipinski definition) is 5. The molecule has 1 atom stereocenters. The lowest BCUT2D eigenvalue weighted by atomic mass is 9.92. The number of anilines is 2. The number of rotatable bonds is 6. The van der Waals surface area contributed by atoms with E-state index in [2.05, 4.69) is 15.6 Å². The maximum absolute atomic E-state index is 14.6. The fraction of sp³-hybridized carbons (Fsp3) is 0.241. The number of ether oxygens (including phenoxy) is 1. The molecule has 1 aliphatic heterocycles. The van der Waals surface area contributed by atoms with Crippen molar-refractivity contribution in [1.82, 2.24) is 4.98 Å². The molecule has 0 radical (unpaired) electrons. The number of aliphatic hydroxyl groups excluding tert-OH is 1. The molecule has 3 N–H and O–H groups in total. The van der Waals surface area contributed by atoms with Crippen LogP contribution in [-0.2, 0) is 4.79 Å². The van der Waals surface area contributed by atoms with Crippen LogP contribution >= 0.6 is 0 Å². The molecule has 4 aromatic rings. The second-order valence-electron chi connectivity index (χ2n) is 8.36. The fourth-order valence-corrected chi connectivity index (χ4v) is 4.49. The van der Waals surface area contributed by atoms with E-state index in [-0.39, 0.29) is 35.7 Å². The first kappa shape index (κ1) is 26.9. The zero-order valence-electron chi connectivity index (χ0n) is 21.0. The normalized spacial score (nSPS) is 14.1. The molecule has 0 spiro atoms. The maximum atomic E-state index is 14.6. The van der Waals surface area contributed by atoms with Crippen LogP contribution in [0.1, 0.15) is 31.7 Å². The van der Waals surface area contributed by atoms with Crippen LogP contribution in [-0.4, -0.2) is 35.8 Å². The Morgan fingerprint density at radius 2 is 1.87 bits per heavy atom. The number of aromatic nitrogens is 1. The van der Waals surface area contributed by atoms with Gasteiger partial charge in [-0.05, 0) is 18.6 Å². The van der Waals surface area contributed by atoms with Crippen molar-refractivity contribution in [1.29, 1.82) is 0 Å². The minimum absolute atomic E-state index is 0.162. The van der Waals surface area contributed by atoms with Gasteiger partial charge in [0.1, 0.15) is 11.6 Å². The average molecular weight is 524 g/mol. The van der Waals surface area contributed by atoms with Gasteiger partial charge in [0, 0.05) is 34.7 Å². The van der Waals surface area contributed by atoms with E-state index < -0.39 is 23.4 Å². The topological polar surface area (TPSA) is 83.5 Å². The summed E-state index contributed by atoms with van der Waals surface area (Å²) in [5.74, 6) is -3.44. The maximum Gasteiger partial charge on any atom is 0.232 e. The van der Waals surface area contributed by atoms with Crippen molar-refractivity contribution in [2.75, 3.05) is 30.4 Å². The molecule has 3 aromatic carbocycles. The van der Waals surface area contributed by atoms with E-state index in [1.54, 1.807) is 12.1 Å². The lowest BCUT2D eigenvalue weighted by molar-refractivity contribution is -0.118. The highest BCUT2D eigenvalue weighted by molar-refractivity contribution is 6.08. The Morgan fingerprint density at radius 1 is 1.08 bits per heavy atom. The van der Waals surface area contributed by atoms with Crippen LogP contribution in [0.3, 0.4) is 0 Å². The number of amides is 1. The molecule has 1 unspecified atom stereocenters. The average Bonchev–Trinajstić information content (AvgIpc) is 2.94. The van der Waals surface area contributed by atoms with Crippen LogP contribution in [0, 0.1) is 17.5 Å². The van der Waals surface area contributed by atoms with E-state index in [1.165, 1.54) is 12.3 Å². The quantitative estimate of drug-likeness (QED) is 0.260. The van der Waals surface area contributed by atoms with Crippen LogP contribution in [0.15, 0.2) is 60.8 Å². The Kier molecular flexibility index (Phi) is 8.48. The van der Waals surface area contributed by atoms with Crippen LogP contribution in [0.5, 0.6) is 5.75 Å². The third kappa shape index (κ3) is 5.28. The molecule has 2 heterocycles. The summed E-state index contributed by atoms with van der Waals surface area (Å²) in [6.07, 6.45) is 1.90. The van der Waals surface area contributed by atoms with Crippen LogP contribution in [0.4, 0.5) is 24.5 Å². The fourth-order valence-electron chi connectivity index (χ4n) is 4.49. The van der Waals surface area contributed by atoms with E-state index >= 15 is 0 Å². The summed E-state index contributed by atoms with van der Waals surface area (Å²) in [4.78, 5) is 17.7. The molecule has 0 fully saturated rings. The predicted octanol–water partition coefficient (Wildman–Crippen LogP) is 6.25. The lowest BCUT2D eigenvalue weighted by Gasteiger charge is -2.25. The first-order valence-electron chi connectivity index (χ1n) is 12.4. The van der Waals surface area contributed by atoms with Crippen molar-refractivity contribution in [3.63, 3.8) is 0 Å². The highest BCUT2D eigenvalue weighted by Crippen LogP contribution is 2.38. The summed E-state index contributed by atoms with van der Waals surface area (Å²) in [5.41, 5.74) is 1.78. The Bertz CT molecular complexity index is 1460. The van der Waals surface area contributed by atoms with E-state index in [9.17, 15) is 23.1 Å². The van der Waals surface area contributed by atoms with E-state index in [1.807, 2.05) is 38.1 Å². The summed E-state index contributed by atoms with van der Waals surface area (Å²) < 4.78 is 48.1. The molecular weight excluding hydrogens is 495 g/mol. The van der Waals surface area contributed by atoms with Gasteiger partial charge in [-0.3, -0.25) is 9.78 Å². The summed E-state index contributed by atoms with van der Waals surface area (Å²) in [6, 6.07) is 13.5. The van der Waals surface area contributed by atoms with Gasteiger partial charge in [-0.2, -0.15) is 0 Å². The number of carbonyl (C=O) groups excluding carboxylic acids is 1. The molecule has 1 aliphatic rings. The molecule has 0 bridgehead atoms. The smallest absolute Gasteiger partial charge is 0.232 e. The zero-order chi connectivity index (χ0) is 27.2. The van der Waals surface area contributed by atoms with Gasteiger partial charge in [0.2, 0.25) is 5.91 Å². The number of benzene rings is 3. The van der Waals surface area contributed by atoms with Crippen molar-refractivity contribution in [2.24, 2.45) is 0 Å². The molecule has 198 valence electrons. The Morgan fingerprint density at radius 3 is 2.66 bits per heavy atom. The molecule has 0 saturated carbocycles. The number of fused-ring (bicyclic) bond motifs is 2. The van der Waals surface area contributed by atoms with Gasteiger partial charge in [-0.15, -0.1) is 0 Å². The summed E-state index contributed by atoms with van der Waals surface area (Å²) >= 11 is 0. The molecule has 1 aromatic heterocycles. The Labute approximate surface area is 218 Å². The van der Waals surface area contributed by atoms with Crippen molar-refractivity contribution in [3.8, 4) is 16.9 Å². The third-order valence-electron chi connectivity index (χ3n) is 6.13. The number of para-hydroxylation sites is 2. The van der Waals surface area contributed by atoms with Gasteiger partial charge >= 0.3 is 0 Å². The van der Waals surface area contributed by atoms with E-state index in [4.69, 9.17) is 4.74 Å². The van der Waals surface area contributed by atoms with E-state index in [0.717, 1.165) is 11.6 Å². The second-order valence-corrected chi connectivity index (χ2v) is 8.36. The Balaban J connectivity index is 0.00000164. The highest BCUT2D eigenvalue weighted by Gasteiger charge is 2.28. The number of nitrogens with zero attached hydrogens (tertiary/aromatic N) is 1.